The molecule has 0 radical (unpaired) electrons. The van der Waals surface area contributed by atoms with Gasteiger partial charge < -0.3 is 10.6 Å². The molecule has 2 N–H and O–H groups in total. The van der Waals surface area contributed by atoms with Gasteiger partial charge in [0.25, 0.3) is 5.91 Å². The second kappa shape index (κ2) is 8.99. The van der Waals surface area contributed by atoms with Crippen molar-refractivity contribution in [1.82, 2.24) is 29.5 Å². The van der Waals surface area contributed by atoms with Gasteiger partial charge in [0, 0.05) is 42.4 Å². The van der Waals surface area contributed by atoms with Crippen molar-refractivity contribution in [2.75, 3.05) is 10.6 Å². The van der Waals surface area contributed by atoms with Crippen LogP contribution in [0.2, 0.25) is 0 Å². The number of nitrogens with one attached hydrogen (secondary N) is 2. The van der Waals surface area contributed by atoms with E-state index in [0.29, 0.717) is 28.8 Å². The molecular formula is C25H22N8O. The molecule has 1 amide bonds. The van der Waals surface area contributed by atoms with Crippen molar-refractivity contribution >= 4 is 23.1 Å². The summed E-state index contributed by atoms with van der Waals surface area (Å²) in [6.45, 7) is 1.83. The van der Waals surface area contributed by atoms with Gasteiger partial charge in [-0.15, -0.1) is 0 Å². The molecule has 0 aliphatic carbocycles. The van der Waals surface area contributed by atoms with Crippen LogP contribution in [0, 0.1) is 6.92 Å². The van der Waals surface area contributed by atoms with Gasteiger partial charge in [0.2, 0.25) is 0 Å². The number of nitrogens with zero attached hydrogens (tertiary/aromatic N) is 6. The summed E-state index contributed by atoms with van der Waals surface area (Å²) in [6, 6.07) is 22.6. The standard InChI is InChI=1S/C25H22N8O/c1-17-27-23(16-24(28-17)33-14-6-13-26-33)29-19-9-11-20(12-10-19)30-25(34)22-15-21(31-32(22)2)18-7-4-3-5-8-18/h3-16H,1-2H3,(H,30,34)(H,27,28,29). The van der Waals surface area contributed by atoms with Crippen LogP contribution in [-0.4, -0.2) is 35.4 Å². The highest BCUT2D eigenvalue weighted by Crippen LogP contribution is 2.21. The van der Waals surface area contributed by atoms with Crippen molar-refractivity contribution in [3.63, 3.8) is 0 Å². The Labute approximate surface area is 196 Å². The molecule has 0 fully saturated rings. The number of hydrogen-bond donors (Lipinski definition) is 2. The molecule has 5 rings (SSSR count). The van der Waals surface area contributed by atoms with Crippen molar-refractivity contribution in [3.05, 3.63) is 96.7 Å². The van der Waals surface area contributed by atoms with Gasteiger partial charge in [-0.2, -0.15) is 10.2 Å². The third kappa shape index (κ3) is 4.53. The highest BCUT2D eigenvalue weighted by atomic mass is 16.2. The monoisotopic (exact) mass is 450 g/mol. The molecule has 168 valence electrons. The zero-order valence-electron chi connectivity index (χ0n) is 18.7. The van der Waals surface area contributed by atoms with Gasteiger partial charge in [-0.3, -0.25) is 9.48 Å². The molecule has 0 aliphatic rings. The van der Waals surface area contributed by atoms with Gasteiger partial charge in [-0.25, -0.2) is 14.6 Å². The summed E-state index contributed by atoms with van der Waals surface area (Å²) in [6.07, 6.45) is 3.53. The van der Waals surface area contributed by atoms with Gasteiger partial charge in [-0.1, -0.05) is 30.3 Å². The first kappa shape index (κ1) is 21.1. The van der Waals surface area contributed by atoms with E-state index in [1.807, 2.05) is 79.9 Å². The van der Waals surface area contributed by atoms with Crippen LogP contribution >= 0.6 is 0 Å². The lowest BCUT2D eigenvalue weighted by Gasteiger charge is -2.10. The zero-order chi connectivity index (χ0) is 23.5. The van der Waals surface area contributed by atoms with Crippen LogP contribution in [0.4, 0.5) is 17.2 Å². The number of amides is 1. The smallest absolute Gasteiger partial charge is 0.273 e. The van der Waals surface area contributed by atoms with E-state index in [1.165, 1.54) is 0 Å². The van der Waals surface area contributed by atoms with Crippen molar-refractivity contribution in [3.8, 4) is 17.1 Å². The van der Waals surface area contributed by atoms with Crippen LogP contribution in [0.3, 0.4) is 0 Å². The average Bonchev–Trinajstić information content (AvgIpc) is 3.51. The second-order valence-corrected chi connectivity index (χ2v) is 7.67. The Kier molecular flexibility index (Phi) is 5.57. The summed E-state index contributed by atoms with van der Waals surface area (Å²) in [4.78, 5) is 21.7. The highest BCUT2D eigenvalue weighted by Gasteiger charge is 2.14. The molecule has 9 heteroatoms. The molecule has 0 unspecified atom stereocenters. The first-order chi connectivity index (χ1) is 16.5. The Balaban J connectivity index is 1.28. The lowest BCUT2D eigenvalue weighted by atomic mass is 10.1. The first-order valence-electron chi connectivity index (χ1n) is 10.7. The molecule has 0 aliphatic heterocycles. The molecule has 0 bridgehead atoms. The van der Waals surface area contributed by atoms with E-state index in [2.05, 4.69) is 30.8 Å². The molecule has 9 nitrogen and oxygen atoms in total. The minimum atomic E-state index is -0.229. The maximum Gasteiger partial charge on any atom is 0.273 e. The predicted molar refractivity (Wildman–Crippen MR) is 130 cm³/mol. The largest absolute Gasteiger partial charge is 0.340 e. The number of aromatic nitrogens is 6. The van der Waals surface area contributed by atoms with E-state index < -0.39 is 0 Å². The number of carbonyl (C=O) groups is 1. The number of rotatable bonds is 6. The van der Waals surface area contributed by atoms with Gasteiger partial charge in [0.15, 0.2) is 5.82 Å². The third-order valence-electron chi connectivity index (χ3n) is 5.16. The van der Waals surface area contributed by atoms with Crippen LogP contribution in [0.5, 0.6) is 0 Å². The lowest BCUT2D eigenvalue weighted by Crippen LogP contribution is -2.16. The molecule has 0 atom stereocenters. The molecule has 5 aromatic rings. The Morgan fingerprint density at radius 2 is 1.68 bits per heavy atom. The Hall–Kier alpha value is -4.79. The number of aryl methyl sites for hydroxylation is 2. The van der Waals surface area contributed by atoms with E-state index in [9.17, 15) is 4.79 Å². The van der Waals surface area contributed by atoms with Crippen molar-refractivity contribution < 1.29 is 4.79 Å². The van der Waals surface area contributed by atoms with E-state index in [4.69, 9.17) is 0 Å². The number of carbonyl (C=O) groups excluding carboxylic acids is 1. The number of benzene rings is 2. The Bertz CT molecular complexity index is 1420. The third-order valence-corrected chi connectivity index (χ3v) is 5.16. The summed E-state index contributed by atoms with van der Waals surface area (Å²) in [5, 5.41) is 14.9. The summed E-state index contributed by atoms with van der Waals surface area (Å²) >= 11 is 0. The van der Waals surface area contributed by atoms with Crippen molar-refractivity contribution in [2.24, 2.45) is 7.05 Å². The van der Waals surface area contributed by atoms with Gasteiger partial charge in [0.05, 0.1) is 5.69 Å². The normalized spacial score (nSPS) is 10.8. The summed E-state index contributed by atoms with van der Waals surface area (Å²) in [5.74, 6) is 1.73. The summed E-state index contributed by atoms with van der Waals surface area (Å²) < 4.78 is 3.27. The SMILES string of the molecule is Cc1nc(Nc2ccc(NC(=O)c3cc(-c4ccccc4)nn3C)cc2)cc(-n2cccn2)n1. The fraction of sp³-hybridized carbons (Fsp3) is 0.0800. The average molecular weight is 451 g/mol. The van der Waals surface area contributed by atoms with E-state index in [-0.39, 0.29) is 5.91 Å². The number of anilines is 3. The van der Waals surface area contributed by atoms with Crippen LogP contribution in [0.15, 0.2) is 85.2 Å². The van der Waals surface area contributed by atoms with Gasteiger partial charge in [0.1, 0.15) is 17.3 Å². The molecule has 2 aromatic carbocycles. The molecule has 34 heavy (non-hydrogen) atoms. The lowest BCUT2D eigenvalue weighted by molar-refractivity contribution is 0.101. The second-order valence-electron chi connectivity index (χ2n) is 7.67. The molecule has 3 heterocycles. The molecule has 0 saturated heterocycles. The predicted octanol–water partition coefficient (Wildman–Crippen LogP) is 4.37. The quantitative estimate of drug-likeness (QED) is 0.398. The van der Waals surface area contributed by atoms with E-state index in [1.54, 1.807) is 28.7 Å². The molecule has 3 aromatic heterocycles. The molecular weight excluding hydrogens is 428 g/mol. The summed E-state index contributed by atoms with van der Waals surface area (Å²) in [7, 11) is 1.76. The minimum Gasteiger partial charge on any atom is -0.340 e. The van der Waals surface area contributed by atoms with Crippen LogP contribution in [-0.2, 0) is 7.05 Å². The molecule has 0 spiro atoms. The van der Waals surface area contributed by atoms with E-state index >= 15 is 0 Å². The Morgan fingerprint density at radius 3 is 2.41 bits per heavy atom. The minimum absolute atomic E-state index is 0.229. The maximum atomic E-state index is 12.8. The van der Waals surface area contributed by atoms with Crippen LogP contribution in [0.1, 0.15) is 16.3 Å². The highest BCUT2D eigenvalue weighted by molar-refractivity contribution is 6.03. The van der Waals surface area contributed by atoms with Gasteiger partial charge in [-0.05, 0) is 43.3 Å². The van der Waals surface area contributed by atoms with Crippen LogP contribution in [0.25, 0.3) is 17.1 Å². The van der Waals surface area contributed by atoms with Crippen molar-refractivity contribution in [1.29, 1.82) is 0 Å². The number of hydrogen-bond acceptors (Lipinski definition) is 6. The first-order valence-corrected chi connectivity index (χ1v) is 10.7. The molecule has 0 saturated carbocycles. The van der Waals surface area contributed by atoms with Crippen LogP contribution < -0.4 is 10.6 Å². The topological polar surface area (TPSA) is 103 Å². The summed E-state index contributed by atoms with van der Waals surface area (Å²) in [5.41, 5.74) is 3.69. The van der Waals surface area contributed by atoms with Gasteiger partial charge >= 0.3 is 0 Å². The fourth-order valence-electron chi connectivity index (χ4n) is 3.55. The van der Waals surface area contributed by atoms with Crippen molar-refractivity contribution in [2.45, 2.75) is 6.92 Å². The maximum absolute atomic E-state index is 12.8. The Morgan fingerprint density at radius 1 is 0.912 bits per heavy atom. The van der Waals surface area contributed by atoms with E-state index in [0.717, 1.165) is 16.9 Å². The zero-order valence-corrected chi connectivity index (χ0v) is 18.7. The fourth-order valence-corrected chi connectivity index (χ4v) is 3.55.